The number of carbonyl (C=O) groups is 1. The van der Waals surface area contributed by atoms with Gasteiger partial charge in [0.1, 0.15) is 5.75 Å². The minimum atomic E-state index is -0.699. The second-order valence-electron chi connectivity index (χ2n) is 7.40. The molecule has 0 radical (unpaired) electrons. The summed E-state index contributed by atoms with van der Waals surface area (Å²) in [4.78, 5) is 22.1. The summed E-state index contributed by atoms with van der Waals surface area (Å²) in [6, 6.07) is 15.8. The van der Waals surface area contributed by atoms with Crippen LogP contribution < -0.4 is 10.1 Å². The second kappa shape index (κ2) is 8.92. The molecule has 2 aromatic carbocycles. The first-order chi connectivity index (χ1) is 14.6. The van der Waals surface area contributed by atoms with Crippen molar-refractivity contribution in [2.24, 2.45) is 5.92 Å². The molecule has 3 aromatic rings. The Morgan fingerprint density at radius 3 is 2.40 bits per heavy atom. The summed E-state index contributed by atoms with van der Waals surface area (Å²) in [7, 11) is 1.65. The lowest BCUT2D eigenvalue weighted by atomic mass is 10.1. The minimum absolute atomic E-state index is 0.246. The summed E-state index contributed by atoms with van der Waals surface area (Å²) in [5, 5.41) is 12.3. The molecule has 1 aliphatic rings. The van der Waals surface area contributed by atoms with Crippen LogP contribution in [0, 0.1) is 5.92 Å². The van der Waals surface area contributed by atoms with Crippen LogP contribution in [0.25, 0.3) is 11.1 Å². The lowest BCUT2D eigenvalue weighted by Crippen LogP contribution is -2.22. The number of anilines is 2. The van der Waals surface area contributed by atoms with Crippen molar-refractivity contribution >= 4 is 17.6 Å². The molecule has 30 heavy (non-hydrogen) atoms. The molecule has 1 fully saturated rings. The standard InChI is InChI=1S/C23H24N4O3/c1-30-21-8-4-17(5-9-21)19-12-24-23(25-13-19)26-20-6-2-16(3-7-20)14-27-11-10-18(15-27)22(28)29/h2-9,12-13,18H,10-11,14-15H2,1H3,(H,28,29)(H,24,25,26). The van der Waals surface area contributed by atoms with Crippen LogP contribution in [-0.2, 0) is 11.3 Å². The summed E-state index contributed by atoms with van der Waals surface area (Å²) in [5.74, 6) is 0.399. The highest BCUT2D eigenvalue weighted by Crippen LogP contribution is 2.23. The number of carboxylic acids is 1. The number of benzene rings is 2. The average molecular weight is 404 g/mol. The molecule has 0 saturated carbocycles. The number of nitrogens with zero attached hydrogens (tertiary/aromatic N) is 3. The van der Waals surface area contributed by atoms with Gasteiger partial charge in [-0.05, 0) is 48.4 Å². The summed E-state index contributed by atoms with van der Waals surface area (Å²) >= 11 is 0. The quantitative estimate of drug-likeness (QED) is 0.619. The molecule has 7 heteroatoms. The first-order valence-corrected chi connectivity index (χ1v) is 9.88. The number of hydrogen-bond donors (Lipinski definition) is 2. The Labute approximate surface area is 175 Å². The third-order valence-corrected chi connectivity index (χ3v) is 5.31. The van der Waals surface area contributed by atoms with E-state index in [9.17, 15) is 4.79 Å². The van der Waals surface area contributed by atoms with Gasteiger partial charge in [0.2, 0.25) is 5.95 Å². The van der Waals surface area contributed by atoms with Crippen LogP contribution in [0.3, 0.4) is 0 Å². The molecule has 1 atom stereocenters. The number of nitrogens with one attached hydrogen (secondary N) is 1. The largest absolute Gasteiger partial charge is 0.497 e. The van der Waals surface area contributed by atoms with Gasteiger partial charge in [0.15, 0.2) is 0 Å². The number of rotatable bonds is 7. The number of aromatic nitrogens is 2. The number of aliphatic carboxylic acids is 1. The van der Waals surface area contributed by atoms with E-state index in [2.05, 4.69) is 20.2 Å². The second-order valence-corrected chi connectivity index (χ2v) is 7.40. The Hall–Kier alpha value is -3.45. The summed E-state index contributed by atoms with van der Waals surface area (Å²) in [6.45, 7) is 2.20. The minimum Gasteiger partial charge on any atom is -0.497 e. The third kappa shape index (κ3) is 4.75. The van der Waals surface area contributed by atoms with E-state index in [1.807, 2.05) is 48.5 Å². The Morgan fingerprint density at radius 2 is 1.80 bits per heavy atom. The summed E-state index contributed by atoms with van der Waals surface area (Å²) in [6.07, 6.45) is 4.30. The number of methoxy groups -OCH3 is 1. The molecule has 1 saturated heterocycles. The Bertz CT molecular complexity index is 988. The maximum absolute atomic E-state index is 11.1. The van der Waals surface area contributed by atoms with Crippen molar-refractivity contribution in [3.05, 3.63) is 66.5 Å². The molecule has 2 N–H and O–H groups in total. The van der Waals surface area contributed by atoms with Crippen molar-refractivity contribution in [3.8, 4) is 16.9 Å². The van der Waals surface area contributed by atoms with Crippen molar-refractivity contribution in [1.82, 2.24) is 14.9 Å². The molecule has 4 rings (SSSR count). The average Bonchev–Trinajstić information content (AvgIpc) is 3.25. The molecule has 154 valence electrons. The zero-order valence-electron chi connectivity index (χ0n) is 16.8. The molecule has 1 aromatic heterocycles. The van der Waals surface area contributed by atoms with Gasteiger partial charge in [0.25, 0.3) is 0 Å². The fourth-order valence-electron chi connectivity index (χ4n) is 3.58. The van der Waals surface area contributed by atoms with Gasteiger partial charge in [0.05, 0.1) is 13.0 Å². The normalized spacial score (nSPS) is 16.4. The first-order valence-electron chi connectivity index (χ1n) is 9.88. The lowest BCUT2D eigenvalue weighted by Gasteiger charge is -2.15. The van der Waals surface area contributed by atoms with E-state index >= 15 is 0 Å². The molecule has 1 unspecified atom stereocenters. The van der Waals surface area contributed by atoms with Crippen LogP contribution in [0.5, 0.6) is 5.75 Å². The van der Waals surface area contributed by atoms with Crippen LogP contribution >= 0.6 is 0 Å². The van der Waals surface area contributed by atoms with E-state index in [0.717, 1.165) is 47.6 Å². The van der Waals surface area contributed by atoms with E-state index in [4.69, 9.17) is 9.84 Å². The first kappa shape index (κ1) is 19.8. The van der Waals surface area contributed by atoms with Crippen LogP contribution in [0.15, 0.2) is 60.9 Å². The molecule has 0 aliphatic carbocycles. The Kier molecular flexibility index (Phi) is 5.90. The van der Waals surface area contributed by atoms with Crippen LogP contribution in [-0.4, -0.2) is 46.1 Å². The van der Waals surface area contributed by atoms with E-state index in [1.54, 1.807) is 19.5 Å². The van der Waals surface area contributed by atoms with Gasteiger partial charge in [-0.25, -0.2) is 9.97 Å². The van der Waals surface area contributed by atoms with Crippen molar-refractivity contribution in [3.63, 3.8) is 0 Å². The van der Waals surface area contributed by atoms with E-state index < -0.39 is 5.97 Å². The molecule has 0 bridgehead atoms. The highest BCUT2D eigenvalue weighted by molar-refractivity contribution is 5.70. The SMILES string of the molecule is COc1ccc(-c2cnc(Nc3ccc(CN4CCC(C(=O)O)C4)cc3)nc2)cc1. The lowest BCUT2D eigenvalue weighted by molar-refractivity contribution is -0.141. The number of likely N-dealkylation sites (tertiary alicyclic amines) is 1. The predicted molar refractivity (Wildman–Crippen MR) is 115 cm³/mol. The van der Waals surface area contributed by atoms with E-state index in [-0.39, 0.29) is 5.92 Å². The Morgan fingerprint density at radius 1 is 1.10 bits per heavy atom. The Balaban J connectivity index is 1.34. The number of hydrogen-bond acceptors (Lipinski definition) is 6. The third-order valence-electron chi connectivity index (χ3n) is 5.31. The van der Waals surface area contributed by atoms with Gasteiger partial charge in [-0.3, -0.25) is 9.69 Å². The van der Waals surface area contributed by atoms with Gasteiger partial charge >= 0.3 is 5.97 Å². The zero-order valence-corrected chi connectivity index (χ0v) is 16.8. The van der Waals surface area contributed by atoms with Gasteiger partial charge < -0.3 is 15.2 Å². The highest BCUT2D eigenvalue weighted by Gasteiger charge is 2.27. The van der Waals surface area contributed by atoms with E-state index in [1.165, 1.54) is 0 Å². The van der Waals surface area contributed by atoms with Crippen molar-refractivity contribution in [2.75, 3.05) is 25.5 Å². The number of carboxylic acid groups (broad SMARTS) is 1. The predicted octanol–water partition coefficient (Wildman–Crippen LogP) is 3.80. The van der Waals surface area contributed by atoms with Crippen LogP contribution in [0.4, 0.5) is 11.6 Å². The highest BCUT2D eigenvalue weighted by atomic mass is 16.5. The van der Waals surface area contributed by atoms with E-state index in [0.29, 0.717) is 12.5 Å². The molecule has 0 spiro atoms. The maximum atomic E-state index is 11.1. The van der Waals surface area contributed by atoms with Crippen LogP contribution in [0.2, 0.25) is 0 Å². The van der Waals surface area contributed by atoms with Gasteiger partial charge in [-0.15, -0.1) is 0 Å². The molecule has 1 aliphatic heterocycles. The molecule has 2 heterocycles. The smallest absolute Gasteiger partial charge is 0.307 e. The van der Waals surface area contributed by atoms with Crippen molar-refractivity contribution < 1.29 is 14.6 Å². The summed E-state index contributed by atoms with van der Waals surface area (Å²) in [5.41, 5.74) is 4.02. The van der Waals surface area contributed by atoms with Gasteiger partial charge in [0, 0.05) is 36.7 Å². The van der Waals surface area contributed by atoms with Crippen molar-refractivity contribution in [1.29, 1.82) is 0 Å². The van der Waals surface area contributed by atoms with Gasteiger partial charge in [-0.2, -0.15) is 0 Å². The molecule has 0 amide bonds. The monoisotopic (exact) mass is 404 g/mol. The zero-order chi connectivity index (χ0) is 20.9. The molecular weight excluding hydrogens is 380 g/mol. The van der Waals surface area contributed by atoms with Crippen molar-refractivity contribution in [2.45, 2.75) is 13.0 Å². The fraction of sp³-hybridized carbons (Fsp3) is 0.261. The van der Waals surface area contributed by atoms with Gasteiger partial charge in [-0.1, -0.05) is 24.3 Å². The summed E-state index contributed by atoms with van der Waals surface area (Å²) < 4.78 is 5.18. The topological polar surface area (TPSA) is 87.6 Å². The number of ether oxygens (including phenoxy) is 1. The van der Waals surface area contributed by atoms with Crippen LogP contribution in [0.1, 0.15) is 12.0 Å². The maximum Gasteiger partial charge on any atom is 0.307 e. The fourth-order valence-corrected chi connectivity index (χ4v) is 3.58. The molecular formula is C23H24N4O3. The molecule has 7 nitrogen and oxygen atoms in total.